The molecule has 1 aromatic rings. The number of nitrogens with zero attached hydrogens (tertiary/aromatic N) is 1. The van der Waals surface area contributed by atoms with Crippen LogP contribution >= 0.6 is 15.9 Å². The highest BCUT2D eigenvalue weighted by Gasteiger charge is 2.08. The van der Waals surface area contributed by atoms with E-state index < -0.39 is 4.92 Å². The lowest BCUT2D eigenvalue weighted by Crippen LogP contribution is -2.21. The molecular formula is C12H17BrN2O3. The summed E-state index contributed by atoms with van der Waals surface area (Å²) < 4.78 is 0.705. The zero-order valence-corrected chi connectivity index (χ0v) is 11.8. The minimum Gasteiger partial charge on any atom is -0.396 e. The maximum atomic E-state index is 10.7. The van der Waals surface area contributed by atoms with Crippen LogP contribution in [0.5, 0.6) is 0 Å². The van der Waals surface area contributed by atoms with Crippen LogP contribution in [0, 0.1) is 16.0 Å². The lowest BCUT2D eigenvalue weighted by atomic mass is 10.1. The Bertz CT molecular complexity index is 412. The largest absolute Gasteiger partial charge is 0.396 e. The van der Waals surface area contributed by atoms with Crippen LogP contribution in [0.2, 0.25) is 0 Å². The van der Waals surface area contributed by atoms with Gasteiger partial charge in [0.05, 0.1) is 4.92 Å². The normalized spacial score (nSPS) is 12.4. The summed E-state index contributed by atoms with van der Waals surface area (Å²) in [6.45, 7) is 3.59. The summed E-state index contributed by atoms with van der Waals surface area (Å²) in [7, 11) is 0. The second kappa shape index (κ2) is 7.45. The van der Waals surface area contributed by atoms with E-state index in [0.717, 1.165) is 18.5 Å². The van der Waals surface area contributed by atoms with Crippen LogP contribution in [0.1, 0.15) is 18.9 Å². The second-order valence-corrected chi connectivity index (χ2v) is 5.24. The molecule has 0 bridgehead atoms. The number of nitrogens with one attached hydrogen (secondary N) is 1. The average molecular weight is 317 g/mol. The predicted octanol–water partition coefficient (Wildman–Crippen LogP) is 2.47. The Morgan fingerprint density at radius 3 is 2.83 bits per heavy atom. The molecule has 0 aromatic heterocycles. The van der Waals surface area contributed by atoms with Gasteiger partial charge in [0.15, 0.2) is 0 Å². The molecule has 0 fully saturated rings. The standard InChI is InChI=1S/C12H17BrN2O3/c1-9(2-3-16)7-14-8-10-4-11(13)6-12(5-10)15(17)18/h4-6,9,14,16H,2-3,7-8H2,1H3. The van der Waals surface area contributed by atoms with Gasteiger partial charge in [-0.3, -0.25) is 10.1 Å². The van der Waals surface area contributed by atoms with Gasteiger partial charge < -0.3 is 10.4 Å². The van der Waals surface area contributed by atoms with E-state index in [-0.39, 0.29) is 12.3 Å². The first-order valence-corrected chi connectivity index (χ1v) is 6.57. The maximum absolute atomic E-state index is 10.7. The van der Waals surface area contributed by atoms with Gasteiger partial charge in [-0.05, 0) is 30.5 Å². The van der Waals surface area contributed by atoms with E-state index in [0.29, 0.717) is 16.9 Å². The van der Waals surface area contributed by atoms with Crippen LogP contribution in [0.15, 0.2) is 22.7 Å². The summed E-state index contributed by atoms with van der Waals surface area (Å²) >= 11 is 3.26. The molecule has 1 rings (SSSR count). The van der Waals surface area contributed by atoms with Gasteiger partial charge in [-0.2, -0.15) is 0 Å². The molecule has 6 heteroatoms. The van der Waals surface area contributed by atoms with E-state index in [1.165, 1.54) is 6.07 Å². The molecule has 1 unspecified atom stereocenters. The highest BCUT2D eigenvalue weighted by atomic mass is 79.9. The summed E-state index contributed by atoms with van der Waals surface area (Å²) in [4.78, 5) is 10.3. The fourth-order valence-corrected chi connectivity index (χ4v) is 2.15. The molecule has 0 aliphatic carbocycles. The summed E-state index contributed by atoms with van der Waals surface area (Å²) in [6.07, 6.45) is 0.756. The molecule has 0 aliphatic rings. The van der Waals surface area contributed by atoms with Gasteiger partial charge >= 0.3 is 0 Å². The molecule has 1 aromatic carbocycles. The summed E-state index contributed by atoms with van der Waals surface area (Å²) in [5, 5.41) is 22.7. The molecule has 0 spiro atoms. The SMILES string of the molecule is CC(CCO)CNCc1cc(Br)cc([N+](=O)[O-])c1. The monoisotopic (exact) mass is 316 g/mol. The first-order chi connectivity index (χ1) is 8.52. The van der Waals surface area contributed by atoms with Gasteiger partial charge in [0.25, 0.3) is 5.69 Å². The van der Waals surface area contributed by atoms with Gasteiger partial charge in [-0.25, -0.2) is 0 Å². The quantitative estimate of drug-likeness (QED) is 0.598. The van der Waals surface area contributed by atoms with Crippen molar-refractivity contribution in [1.82, 2.24) is 5.32 Å². The molecule has 18 heavy (non-hydrogen) atoms. The van der Waals surface area contributed by atoms with E-state index in [4.69, 9.17) is 5.11 Å². The van der Waals surface area contributed by atoms with E-state index in [1.807, 2.05) is 13.0 Å². The number of aliphatic hydroxyl groups is 1. The molecule has 0 saturated heterocycles. The zero-order valence-electron chi connectivity index (χ0n) is 10.2. The van der Waals surface area contributed by atoms with E-state index >= 15 is 0 Å². The molecule has 100 valence electrons. The highest BCUT2D eigenvalue weighted by Crippen LogP contribution is 2.21. The molecule has 5 nitrogen and oxygen atoms in total. The smallest absolute Gasteiger partial charge is 0.270 e. The van der Waals surface area contributed by atoms with Crippen LogP contribution in [0.4, 0.5) is 5.69 Å². The van der Waals surface area contributed by atoms with Crippen molar-refractivity contribution >= 4 is 21.6 Å². The lowest BCUT2D eigenvalue weighted by molar-refractivity contribution is -0.385. The van der Waals surface area contributed by atoms with Crippen molar-refractivity contribution < 1.29 is 10.0 Å². The van der Waals surface area contributed by atoms with E-state index in [9.17, 15) is 10.1 Å². The molecule has 0 aliphatic heterocycles. The number of nitro benzene ring substituents is 1. The van der Waals surface area contributed by atoms with Crippen molar-refractivity contribution in [3.63, 3.8) is 0 Å². The van der Waals surface area contributed by atoms with Gasteiger partial charge in [-0.15, -0.1) is 0 Å². The zero-order chi connectivity index (χ0) is 13.5. The molecule has 0 saturated carbocycles. The van der Waals surface area contributed by atoms with Crippen LogP contribution in [-0.2, 0) is 6.54 Å². The number of rotatable bonds is 7. The lowest BCUT2D eigenvalue weighted by Gasteiger charge is -2.11. The number of benzene rings is 1. The predicted molar refractivity (Wildman–Crippen MR) is 73.4 cm³/mol. The average Bonchev–Trinajstić information content (AvgIpc) is 2.28. The number of hydrogen-bond acceptors (Lipinski definition) is 4. The van der Waals surface area contributed by atoms with Crippen molar-refractivity contribution in [1.29, 1.82) is 0 Å². The van der Waals surface area contributed by atoms with E-state index in [2.05, 4.69) is 21.2 Å². The summed E-state index contributed by atoms with van der Waals surface area (Å²) in [5.41, 5.74) is 0.955. The van der Waals surface area contributed by atoms with Crippen molar-refractivity contribution in [2.24, 2.45) is 5.92 Å². The number of hydrogen-bond donors (Lipinski definition) is 2. The first kappa shape index (κ1) is 15.1. The van der Waals surface area contributed by atoms with Crippen molar-refractivity contribution in [2.45, 2.75) is 19.9 Å². The minimum absolute atomic E-state index is 0.0876. The van der Waals surface area contributed by atoms with Gasteiger partial charge in [-0.1, -0.05) is 22.9 Å². The topological polar surface area (TPSA) is 75.4 Å². The highest BCUT2D eigenvalue weighted by molar-refractivity contribution is 9.10. The van der Waals surface area contributed by atoms with Gasteiger partial charge in [0, 0.05) is 29.8 Å². The number of non-ortho nitro benzene ring substituents is 1. The molecular weight excluding hydrogens is 300 g/mol. The minimum atomic E-state index is -0.400. The Hall–Kier alpha value is -0.980. The maximum Gasteiger partial charge on any atom is 0.270 e. The van der Waals surface area contributed by atoms with E-state index in [1.54, 1.807) is 6.07 Å². The number of aliphatic hydroxyl groups excluding tert-OH is 1. The molecule has 1 atom stereocenters. The Morgan fingerprint density at radius 1 is 1.50 bits per heavy atom. The third-order valence-corrected chi connectivity index (χ3v) is 3.05. The Labute approximate surface area is 114 Å². The Kier molecular flexibility index (Phi) is 6.24. The number of nitro groups is 1. The van der Waals surface area contributed by atoms with Crippen LogP contribution in [0.25, 0.3) is 0 Å². The van der Waals surface area contributed by atoms with Crippen LogP contribution in [-0.4, -0.2) is 23.2 Å². The Morgan fingerprint density at radius 2 is 2.22 bits per heavy atom. The first-order valence-electron chi connectivity index (χ1n) is 5.78. The van der Waals surface area contributed by atoms with Gasteiger partial charge in [0.1, 0.15) is 0 Å². The van der Waals surface area contributed by atoms with Crippen molar-refractivity contribution in [3.05, 3.63) is 38.3 Å². The van der Waals surface area contributed by atoms with Gasteiger partial charge in [0.2, 0.25) is 0 Å². The van der Waals surface area contributed by atoms with Crippen LogP contribution in [0.3, 0.4) is 0 Å². The molecule has 0 amide bonds. The fraction of sp³-hybridized carbons (Fsp3) is 0.500. The molecule has 2 N–H and O–H groups in total. The molecule has 0 heterocycles. The third-order valence-electron chi connectivity index (χ3n) is 2.60. The molecule has 0 radical (unpaired) electrons. The van der Waals surface area contributed by atoms with Crippen LogP contribution < -0.4 is 5.32 Å². The Balaban J connectivity index is 2.54. The van der Waals surface area contributed by atoms with Crippen molar-refractivity contribution in [3.8, 4) is 0 Å². The third kappa shape index (κ3) is 5.12. The summed E-state index contributed by atoms with van der Waals surface area (Å²) in [6, 6.07) is 4.91. The second-order valence-electron chi connectivity index (χ2n) is 4.32. The number of halogens is 1. The summed E-state index contributed by atoms with van der Waals surface area (Å²) in [5.74, 6) is 0.386. The fourth-order valence-electron chi connectivity index (χ4n) is 1.63. The van der Waals surface area contributed by atoms with Crippen molar-refractivity contribution in [2.75, 3.05) is 13.2 Å².